The molecule has 0 saturated carbocycles. The van der Waals surface area contributed by atoms with E-state index in [4.69, 9.17) is 9.15 Å². The van der Waals surface area contributed by atoms with Crippen molar-refractivity contribution in [1.29, 1.82) is 0 Å². The minimum Gasteiger partial charge on any atom is -0.465 e. The first-order valence-corrected chi connectivity index (χ1v) is 10.3. The van der Waals surface area contributed by atoms with Crippen LogP contribution in [0.5, 0.6) is 0 Å². The Bertz CT molecular complexity index is 1020. The van der Waals surface area contributed by atoms with E-state index in [0.29, 0.717) is 18.8 Å². The van der Waals surface area contributed by atoms with Gasteiger partial charge < -0.3 is 19.5 Å². The molecule has 8 nitrogen and oxygen atoms in total. The average molecular weight is 409 g/mol. The molecule has 2 N–H and O–H groups in total. The normalized spacial score (nSPS) is 15.8. The van der Waals surface area contributed by atoms with Crippen molar-refractivity contribution in [2.75, 3.05) is 38.2 Å². The average Bonchev–Trinajstić information content (AvgIpc) is 3.20. The maximum Gasteiger partial charge on any atom is 0.251 e. The van der Waals surface area contributed by atoms with Crippen molar-refractivity contribution in [3.63, 3.8) is 0 Å². The van der Waals surface area contributed by atoms with Gasteiger partial charge in [-0.05, 0) is 37.6 Å². The zero-order valence-corrected chi connectivity index (χ0v) is 17.4. The summed E-state index contributed by atoms with van der Waals surface area (Å²) in [5.74, 6) is 3.14. The van der Waals surface area contributed by atoms with Crippen LogP contribution in [-0.4, -0.2) is 52.7 Å². The van der Waals surface area contributed by atoms with Crippen molar-refractivity contribution in [2.45, 2.75) is 26.3 Å². The van der Waals surface area contributed by atoms with Gasteiger partial charge in [-0.3, -0.25) is 9.69 Å². The second kappa shape index (κ2) is 9.23. The van der Waals surface area contributed by atoms with Gasteiger partial charge >= 0.3 is 0 Å². The molecular formula is C22H27N5O3. The highest BCUT2D eigenvalue weighted by Gasteiger charge is 2.25. The lowest BCUT2D eigenvalue weighted by molar-refractivity contribution is 0.0143. The Labute approximate surface area is 175 Å². The van der Waals surface area contributed by atoms with E-state index in [1.54, 1.807) is 6.20 Å². The number of hydrogen-bond acceptors (Lipinski definition) is 7. The molecule has 8 heteroatoms. The zero-order chi connectivity index (χ0) is 20.9. The summed E-state index contributed by atoms with van der Waals surface area (Å²) in [5, 5.41) is 3.42. The van der Waals surface area contributed by atoms with E-state index in [1.165, 1.54) is 6.07 Å². The summed E-state index contributed by atoms with van der Waals surface area (Å²) in [6, 6.07) is 9.47. The molecule has 4 rings (SSSR count). The van der Waals surface area contributed by atoms with Gasteiger partial charge in [-0.25, -0.2) is 9.97 Å². The highest BCUT2D eigenvalue weighted by atomic mass is 16.5. The number of anilines is 1. The standard InChI is InChI=1S/C22H27N5O3/c1-3-17-12-21(28)26-22(25-17)16-5-7-20(23-13-16)24-14-18(19-6-4-15(2)30-19)27-8-10-29-11-9-27/h4-7,12-13,18H,3,8-11,14H2,1-2H3,(H,23,24)(H,25,26,28). The third-order valence-corrected chi connectivity index (χ3v) is 5.25. The van der Waals surface area contributed by atoms with E-state index in [9.17, 15) is 4.79 Å². The van der Waals surface area contributed by atoms with Gasteiger partial charge in [0.05, 0.1) is 19.3 Å². The Hall–Kier alpha value is -2.97. The quantitative estimate of drug-likeness (QED) is 0.619. The number of ether oxygens (including phenoxy) is 1. The van der Waals surface area contributed by atoms with Crippen molar-refractivity contribution in [1.82, 2.24) is 19.9 Å². The lowest BCUT2D eigenvalue weighted by Crippen LogP contribution is -2.41. The van der Waals surface area contributed by atoms with Crippen LogP contribution in [0.4, 0.5) is 5.82 Å². The van der Waals surface area contributed by atoms with E-state index in [0.717, 1.165) is 54.9 Å². The maximum absolute atomic E-state index is 11.8. The number of morpholine rings is 1. The number of aromatic nitrogens is 3. The molecular weight excluding hydrogens is 382 g/mol. The van der Waals surface area contributed by atoms with Gasteiger partial charge in [0.15, 0.2) is 0 Å². The number of furan rings is 1. The Balaban J connectivity index is 1.47. The van der Waals surface area contributed by atoms with E-state index in [1.807, 2.05) is 38.1 Å². The van der Waals surface area contributed by atoms with Gasteiger partial charge in [-0.15, -0.1) is 0 Å². The number of nitrogens with zero attached hydrogens (tertiary/aromatic N) is 3. The zero-order valence-electron chi connectivity index (χ0n) is 17.4. The monoisotopic (exact) mass is 409 g/mol. The van der Waals surface area contributed by atoms with Crippen molar-refractivity contribution < 1.29 is 9.15 Å². The van der Waals surface area contributed by atoms with Crippen LogP contribution >= 0.6 is 0 Å². The number of H-pyrrole nitrogens is 1. The predicted molar refractivity (Wildman–Crippen MR) is 115 cm³/mol. The fraction of sp³-hybridized carbons (Fsp3) is 0.409. The minimum absolute atomic E-state index is 0.100. The molecule has 3 aromatic heterocycles. The molecule has 1 unspecified atom stereocenters. The molecule has 0 amide bonds. The highest BCUT2D eigenvalue weighted by Crippen LogP contribution is 2.24. The Kier molecular flexibility index (Phi) is 6.25. The van der Waals surface area contributed by atoms with Gasteiger partial charge in [0.2, 0.25) is 0 Å². The lowest BCUT2D eigenvalue weighted by atomic mass is 10.1. The molecule has 0 aromatic carbocycles. The molecule has 4 heterocycles. The molecule has 1 saturated heterocycles. The van der Waals surface area contributed by atoms with Crippen LogP contribution in [-0.2, 0) is 11.2 Å². The first-order valence-electron chi connectivity index (χ1n) is 10.3. The van der Waals surface area contributed by atoms with E-state index < -0.39 is 0 Å². The molecule has 0 bridgehead atoms. The third kappa shape index (κ3) is 4.77. The van der Waals surface area contributed by atoms with E-state index in [-0.39, 0.29) is 11.6 Å². The summed E-state index contributed by atoms with van der Waals surface area (Å²) in [6.07, 6.45) is 2.43. The lowest BCUT2D eigenvalue weighted by Gasteiger charge is -2.33. The van der Waals surface area contributed by atoms with Crippen molar-refractivity contribution >= 4 is 5.82 Å². The summed E-state index contributed by atoms with van der Waals surface area (Å²) in [4.78, 5) is 26.0. The predicted octanol–water partition coefficient (Wildman–Crippen LogP) is 2.78. The van der Waals surface area contributed by atoms with Crippen LogP contribution in [0.15, 0.2) is 45.7 Å². The summed E-state index contributed by atoms with van der Waals surface area (Å²) >= 11 is 0. The topological polar surface area (TPSA) is 96.3 Å². The van der Waals surface area contributed by atoms with Gasteiger partial charge in [0.25, 0.3) is 5.56 Å². The van der Waals surface area contributed by atoms with Crippen LogP contribution < -0.4 is 10.9 Å². The van der Waals surface area contributed by atoms with E-state index in [2.05, 4.69) is 25.2 Å². The van der Waals surface area contributed by atoms with Crippen LogP contribution in [0.2, 0.25) is 0 Å². The molecule has 0 spiro atoms. The summed E-state index contributed by atoms with van der Waals surface area (Å²) in [6.45, 7) is 7.79. The van der Waals surface area contributed by atoms with E-state index >= 15 is 0 Å². The number of aromatic amines is 1. The fourth-order valence-electron chi connectivity index (χ4n) is 3.60. The van der Waals surface area contributed by atoms with Gasteiger partial charge in [-0.2, -0.15) is 0 Å². The van der Waals surface area contributed by atoms with Crippen molar-refractivity contribution in [3.8, 4) is 11.4 Å². The summed E-state index contributed by atoms with van der Waals surface area (Å²) in [5.41, 5.74) is 1.39. The van der Waals surface area contributed by atoms with Crippen molar-refractivity contribution in [2.24, 2.45) is 0 Å². The largest absolute Gasteiger partial charge is 0.465 e. The molecule has 1 aliphatic rings. The minimum atomic E-state index is -0.152. The summed E-state index contributed by atoms with van der Waals surface area (Å²) < 4.78 is 11.4. The number of rotatable bonds is 7. The maximum atomic E-state index is 11.8. The highest BCUT2D eigenvalue weighted by molar-refractivity contribution is 5.55. The molecule has 158 valence electrons. The summed E-state index contributed by atoms with van der Waals surface area (Å²) in [7, 11) is 0. The van der Waals surface area contributed by atoms with Gasteiger partial charge in [-0.1, -0.05) is 6.92 Å². The first-order chi connectivity index (χ1) is 14.6. The van der Waals surface area contributed by atoms with Gasteiger partial charge in [0, 0.05) is 43.2 Å². The van der Waals surface area contributed by atoms with Crippen LogP contribution in [0, 0.1) is 6.92 Å². The number of pyridine rings is 1. The molecule has 1 fully saturated rings. The molecule has 30 heavy (non-hydrogen) atoms. The molecule has 1 aliphatic heterocycles. The second-order valence-corrected chi connectivity index (χ2v) is 7.36. The van der Waals surface area contributed by atoms with Crippen LogP contribution in [0.1, 0.15) is 30.2 Å². The number of nitrogens with one attached hydrogen (secondary N) is 2. The SMILES string of the molecule is CCc1cc(=O)[nH]c(-c2ccc(NCC(c3ccc(C)o3)N3CCOCC3)nc2)n1. The number of hydrogen-bond donors (Lipinski definition) is 2. The molecule has 0 radical (unpaired) electrons. The van der Waals surface area contributed by atoms with Crippen molar-refractivity contribution in [3.05, 3.63) is 64.1 Å². The van der Waals surface area contributed by atoms with Gasteiger partial charge in [0.1, 0.15) is 23.2 Å². The number of aryl methyl sites for hydroxylation is 2. The van der Waals surface area contributed by atoms with Crippen LogP contribution in [0.25, 0.3) is 11.4 Å². The third-order valence-electron chi connectivity index (χ3n) is 5.25. The Morgan fingerprint density at radius 3 is 2.73 bits per heavy atom. The fourth-order valence-corrected chi connectivity index (χ4v) is 3.60. The Morgan fingerprint density at radius 2 is 2.07 bits per heavy atom. The smallest absolute Gasteiger partial charge is 0.251 e. The molecule has 0 aliphatic carbocycles. The van der Waals surface area contributed by atoms with Crippen LogP contribution in [0.3, 0.4) is 0 Å². The Morgan fingerprint density at radius 1 is 1.23 bits per heavy atom. The second-order valence-electron chi connectivity index (χ2n) is 7.36. The molecule has 1 atom stereocenters. The molecule has 3 aromatic rings. The first kappa shape index (κ1) is 20.3.